The van der Waals surface area contributed by atoms with Crippen molar-refractivity contribution in [2.24, 2.45) is 11.7 Å². The van der Waals surface area contributed by atoms with E-state index in [0.29, 0.717) is 25.2 Å². The maximum atomic E-state index is 12.3. The van der Waals surface area contributed by atoms with Crippen LogP contribution in [0.5, 0.6) is 0 Å². The molecule has 2 atom stereocenters. The van der Waals surface area contributed by atoms with Crippen LogP contribution in [-0.4, -0.2) is 30.6 Å². The quantitative estimate of drug-likeness (QED) is 0.806. The first-order valence-corrected chi connectivity index (χ1v) is 9.25. The molecule has 25 heavy (non-hydrogen) atoms. The standard InChI is InChI=1S/C18H23N3O2S.ClH/c19-9-8-16-21-15(12-24-16)18(22)20-11-14-7-4-10-23-17(14)13-5-2-1-3-6-13;/h1-3,5-6,12,14,17H,4,7-11,19H2,(H,20,22);1H. The van der Waals surface area contributed by atoms with Gasteiger partial charge in [0, 0.05) is 30.9 Å². The number of rotatable bonds is 6. The summed E-state index contributed by atoms with van der Waals surface area (Å²) in [5.74, 6) is 0.166. The molecule has 5 nitrogen and oxygen atoms in total. The number of ether oxygens (including phenoxy) is 1. The SMILES string of the molecule is Cl.NCCc1nc(C(=O)NCC2CCCOC2c2ccccc2)cs1. The second kappa shape index (κ2) is 9.87. The molecule has 2 heterocycles. The van der Waals surface area contributed by atoms with Crippen LogP contribution in [0.25, 0.3) is 0 Å². The average molecular weight is 382 g/mol. The molecule has 1 aromatic carbocycles. The van der Waals surface area contributed by atoms with Crippen LogP contribution in [0.3, 0.4) is 0 Å². The predicted molar refractivity (Wildman–Crippen MR) is 102 cm³/mol. The molecule has 3 rings (SSSR count). The van der Waals surface area contributed by atoms with Crippen molar-refractivity contribution >= 4 is 29.7 Å². The highest BCUT2D eigenvalue weighted by Crippen LogP contribution is 2.33. The molecule has 0 saturated carbocycles. The van der Waals surface area contributed by atoms with Gasteiger partial charge >= 0.3 is 0 Å². The molecular weight excluding hydrogens is 358 g/mol. The molecule has 1 aliphatic rings. The normalized spacial score (nSPS) is 19.9. The number of hydrogen-bond donors (Lipinski definition) is 2. The topological polar surface area (TPSA) is 77.2 Å². The predicted octanol–water partition coefficient (Wildman–Crippen LogP) is 2.96. The first-order chi connectivity index (χ1) is 11.8. The summed E-state index contributed by atoms with van der Waals surface area (Å²) in [4.78, 5) is 16.6. The Morgan fingerprint density at radius 3 is 2.92 bits per heavy atom. The summed E-state index contributed by atoms with van der Waals surface area (Å²) in [7, 11) is 0. The molecule has 1 fully saturated rings. The minimum absolute atomic E-state index is 0. The second-order valence-corrected chi connectivity index (χ2v) is 6.92. The molecule has 2 unspecified atom stereocenters. The van der Waals surface area contributed by atoms with Crippen LogP contribution >= 0.6 is 23.7 Å². The van der Waals surface area contributed by atoms with E-state index >= 15 is 0 Å². The summed E-state index contributed by atoms with van der Waals surface area (Å²) in [5.41, 5.74) is 7.18. The molecule has 0 radical (unpaired) electrons. The fourth-order valence-corrected chi connectivity index (χ4v) is 3.83. The van der Waals surface area contributed by atoms with E-state index in [4.69, 9.17) is 10.5 Å². The van der Waals surface area contributed by atoms with E-state index in [0.717, 1.165) is 24.5 Å². The average Bonchev–Trinajstić information content (AvgIpc) is 3.10. The molecule has 136 valence electrons. The van der Waals surface area contributed by atoms with Crippen molar-refractivity contribution in [3.05, 3.63) is 52.0 Å². The number of halogens is 1. The first-order valence-electron chi connectivity index (χ1n) is 8.37. The third-order valence-electron chi connectivity index (χ3n) is 4.24. The Hall–Kier alpha value is -1.47. The number of aromatic nitrogens is 1. The lowest BCUT2D eigenvalue weighted by atomic mass is 9.89. The van der Waals surface area contributed by atoms with E-state index in [1.807, 2.05) is 18.2 Å². The van der Waals surface area contributed by atoms with Gasteiger partial charge < -0.3 is 15.8 Å². The van der Waals surface area contributed by atoms with Gasteiger partial charge in [-0.1, -0.05) is 30.3 Å². The Balaban J connectivity index is 0.00000225. The van der Waals surface area contributed by atoms with E-state index in [-0.39, 0.29) is 30.3 Å². The van der Waals surface area contributed by atoms with Crippen LogP contribution in [0, 0.1) is 5.92 Å². The van der Waals surface area contributed by atoms with Crippen LogP contribution in [-0.2, 0) is 11.2 Å². The van der Waals surface area contributed by atoms with Crippen molar-refractivity contribution in [2.45, 2.75) is 25.4 Å². The Morgan fingerprint density at radius 1 is 1.36 bits per heavy atom. The largest absolute Gasteiger partial charge is 0.373 e. The molecule has 1 aliphatic heterocycles. The molecule has 0 bridgehead atoms. The van der Waals surface area contributed by atoms with E-state index in [9.17, 15) is 4.79 Å². The number of carbonyl (C=O) groups excluding carboxylic acids is 1. The van der Waals surface area contributed by atoms with Crippen LogP contribution in [0.4, 0.5) is 0 Å². The number of nitrogens with two attached hydrogens (primary N) is 1. The third kappa shape index (κ3) is 5.25. The Morgan fingerprint density at radius 2 is 2.16 bits per heavy atom. The lowest BCUT2D eigenvalue weighted by molar-refractivity contribution is -0.0272. The van der Waals surface area contributed by atoms with Gasteiger partial charge in [0.25, 0.3) is 5.91 Å². The number of nitrogens with one attached hydrogen (secondary N) is 1. The van der Waals surface area contributed by atoms with Crippen LogP contribution in [0.1, 0.15) is 40.0 Å². The highest BCUT2D eigenvalue weighted by atomic mass is 35.5. The summed E-state index contributed by atoms with van der Waals surface area (Å²) in [6.45, 7) is 1.92. The molecule has 2 aromatic rings. The maximum Gasteiger partial charge on any atom is 0.270 e. The summed E-state index contributed by atoms with van der Waals surface area (Å²) in [6, 6.07) is 10.2. The highest BCUT2D eigenvalue weighted by molar-refractivity contribution is 7.09. The van der Waals surface area contributed by atoms with Gasteiger partial charge in [-0.2, -0.15) is 0 Å². The zero-order chi connectivity index (χ0) is 16.8. The molecule has 3 N–H and O–H groups in total. The zero-order valence-corrected chi connectivity index (χ0v) is 15.7. The van der Waals surface area contributed by atoms with Crippen molar-refractivity contribution in [1.29, 1.82) is 0 Å². The van der Waals surface area contributed by atoms with Crippen molar-refractivity contribution in [1.82, 2.24) is 10.3 Å². The molecule has 1 saturated heterocycles. The summed E-state index contributed by atoms with van der Waals surface area (Å²) < 4.78 is 5.97. The fourth-order valence-electron chi connectivity index (χ4n) is 3.03. The highest BCUT2D eigenvalue weighted by Gasteiger charge is 2.28. The van der Waals surface area contributed by atoms with Gasteiger partial charge in [-0.25, -0.2) is 4.98 Å². The van der Waals surface area contributed by atoms with Crippen molar-refractivity contribution in [3.63, 3.8) is 0 Å². The number of nitrogens with zero attached hydrogens (tertiary/aromatic N) is 1. The van der Waals surface area contributed by atoms with Gasteiger partial charge in [-0.15, -0.1) is 23.7 Å². The third-order valence-corrected chi connectivity index (χ3v) is 5.15. The van der Waals surface area contributed by atoms with E-state index in [1.54, 1.807) is 5.38 Å². The maximum absolute atomic E-state index is 12.3. The van der Waals surface area contributed by atoms with Gasteiger partial charge in [0.05, 0.1) is 11.1 Å². The summed E-state index contributed by atoms with van der Waals surface area (Å²) >= 11 is 1.48. The minimum Gasteiger partial charge on any atom is -0.373 e. The lowest BCUT2D eigenvalue weighted by Gasteiger charge is -2.32. The van der Waals surface area contributed by atoms with Gasteiger partial charge in [0.2, 0.25) is 0 Å². The van der Waals surface area contributed by atoms with Gasteiger partial charge in [0.15, 0.2) is 0 Å². The van der Waals surface area contributed by atoms with Gasteiger partial charge in [0.1, 0.15) is 5.69 Å². The minimum atomic E-state index is -0.119. The van der Waals surface area contributed by atoms with Crippen molar-refractivity contribution in [2.75, 3.05) is 19.7 Å². The van der Waals surface area contributed by atoms with Crippen LogP contribution in [0.2, 0.25) is 0 Å². The number of thiazole rings is 1. The van der Waals surface area contributed by atoms with Gasteiger partial charge in [-0.3, -0.25) is 4.79 Å². The van der Waals surface area contributed by atoms with Crippen LogP contribution < -0.4 is 11.1 Å². The van der Waals surface area contributed by atoms with Crippen molar-refractivity contribution < 1.29 is 9.53 Å². The lowest BCUT2D eigenvalue weighted by Crippen LogP contribution is -2.35. The van der Waals surface area contributed by atoms with Gasteiger partial charge in [-0.05, 0) is 24.9 Å². The first kappa shape index (κ1) is 19.8. The second-order valence-electron chi connectivity index (χ2n) is 5.98. The number of carbonyl (C=O) groups is 1. The number of amides is 1. The summed E-state index contributed by atoms with van der Waals surface area (Å²) in [6.07, 6.45) is 2.84. The number of hydrogen-bond acceptors (Lipinski definition) is 5. The fraction of sp³-hybridized carbons (Fsp3) is 0.444. The zero-order valence-electron chi connectivity index (χ0n) is 14.0. The van der Waals surface area contributed by atoms with E-state index in [1.165, 1.54) is 16.9 Å². The van der Waals surface area contributed by atoms with E-state index < -0.39 is 0 Å². The Bertz CT molecular complexity index is 665. The smallest absolute Gasteiger partial charge is 0.270 e. The molecule has 0 aliphatic carbocycles. The number of benzene rings is 1. The molecule has 7 heteroatoms. The molecule has 1 amide bonds. The van der Waals surface area contributed by atoms with Crippen molar-refractivity contribution in [3.8, 4) is 0 Å². The Kier molecular flexibility index (Phi) is 7.84. The summed E-state index contributed by atoms with van der Waals surface area (Å²) in [5, 5.41) is 5.72. The monoisotopic (exact) mass is 381 g/mol. The molecule has 0 spiro atoms. The molecule has 1 aromatic heterocycles. The molecular formula is C18H24ClN3O2S. The van der Waals surface area contributed by atoms with Crippen LogP contribution in [0.15, 0.2) is 35.7 Å². The Labute approximate surface area is 158 Å². The van der Waals surface area contributed by atoms with E-state index in [2.05, 4.69) is 22.4 Å².